The number of hydrogen-bond acceptors (Lipinski definition) is 2. The van der Waals surface area contributed by atoms with E-state index < -0.39 is 0 Å². The van der Waals surface area contributed by atoms with Crippen molar-refractivity contribution in [3.8, 4) is 0 Å². The predicted octanol–water partition coefficient (Wildman–Crippen LogP) is 3.33. The second kappa shape index (κ2) is 6.75. The number of rotatable bonds is 1. The average Bonchev–Trinajstić information content (AvgIpc) is 2.57. The van der Waals surface area contributed by atoms with E-state index in [1.165, 1.54) is 0 Å². The van der Waals surface area contributed by atoms with Crippen LogP contribution < -0.4 is 5.32 Å². The van der Waals surface area contributed by atoms with Gasteiger partial charge in [0, 0.05) is 24.7 Å². The van der Waals surface area contributed by atoms with Gasteiger partial charge in [0.1, 0.15) is 0 Å². The quantitative estimate of drug-likeness (QED) is 0.800. The Labute approximate surface area is 129 Å². The van der Waals surface area contributed by atoms with Crippen molar-refractivity contribution in [3.63, 3.8) is 0 Å². The summed E-state index contributed by atoms with van der Waals surface area (Å²) in [5.41, 5.74) is 0.800. The molecule has 1 saturated heterocycles. The first-order valence-electron chi connectivity index (χ1n) is 6.26. The van der Waals surface area contributed by atoms with Gasteiger partial charge in [-0.3, -0.25) is 0 Å². The number of likely N-dealkylation sites (N-methyl/N-ethyl adjacent to an activating group) is 1. The number of thiocarbonyl (C=S) groups is 1. The molecular weight excluding hydrogens is 301 g/mol. The zero-order valence-electron chi connectivity index (χ0n) is 10.8. The van der Waals surface area contributed by atoms with E-state index in [0.29, 0.717) is 10.0 Å². The maximum Gasteiger partial charge on any atom is 0.173 e. The van der Waals surface area contributed by atoms with Crippen LogP contribution in [-0.2, 0) is 0 Å². The van der Waals surface area contributed by atoms with Crippen LogP contribution >= 0.6 is 35.4 Å². The van der Waals surface area contributed by atoms with E-state index in [1.54, 1.807) is 12.1 Å². The minimum atomic E-state index is 0.585. The van der Waals surface area contributed by atoms with Crippen molar-refractivity contribution in [1.82, 2.24) is 9.80 Å². The Balaban J connectivity index is 2.00. The van der Waals surface area contributed by atoms with Crippen LogP contribution in [0.15, 0.2) is 18.2 Å². The molecule has 0 spiro atoms. The zero-order chi connectivity index (χ0) is 13.8. The van der Waals surface area contributed by atoms with E-state index >= 15 is 0 Å². The van der Waals surface area contributed by atoms with Crippen molar-refractivity contribution >= 4 is 46.2 Å². The SMILES string of the molecule is CN1CCCN(C(=S)Nc2ccc(Cl)cc2Cl)CC1. The molecule has 0 atom stereocenters. The summed E-state index contributed by atoms with van der Waals surface area (Å²) in [5, 5.41) is 5.13. The fourth-order valence-electron chi connectivity index (χ4n) is 2.03. The van der Waals surface area contributed by atoms with Gasteiger partial charge in [0.05, 0.1) is 10.7 Å². The van der Waals surface area contributed by atoms with Crippen LogP contribution in [0.5, 0.6) is 0 Å². The Kier molecular flexibility index (Phi) is 5.28. The van der Waals surface area contributed by atoms with Gasteiger partial charge < -0.3 is 15.1 Å². The van der Waals surface area contributed by atoms with Gasteiger partial charge in [-0.1, -0.05) is 23.2 Å². The van der Waals surface area contributed by atoms with E-state index in [2.05, 4.69) is 22.2 Å². The molecule has 0 aromatic heterocycles. The lowest BCUT2D eigenvalue weighted by Crippen LogP contribution is -2.37. The van der Waals surface area contributed by atoms with Crippen molar-refractivity contribution in [3.05, 3.63) is 28.2 Å². The smallest absolute Gasteiger partial charge is 0.173 e. The summed E-state index contributed by atoms with van der Waals surface area (Å²) in [6.07, 6.45) is 1.12. The molecule has 1 aliphatic heterocycles. The largest absolute Gasteiger partial charge is 0.348 e. The second-order valence-electron chi connectivity index (χ2n) is 4.70. The number of anilines is 1. The van der Waals surface area contributed by atoms with Crippen molar-refractivity contribution in [2.75, 3.05) is 38.5 Å². The van der Waals surface area contributed by atoms with E-state index in [1.807, 2.05) is 6.07 Å². The van der Waals surface area contributed by atoms with E-state index in [-0.39, 0.29) is 0 Å². The molecule has 1 aliphatic rings. The standard InChI is InChI=1S/C13H17Cl2N3S/c1-17-5-2-6-18(8-7-17)13(19)16-12-4-3-10(14)9-11(12)15/h3-4,9H,2,5-8H2,1H3,(H,16,19). The Bertz CT molecular complexity index is 467. The van der Waals surface area contributed by atoms with Gasteiger partial charge in [0.2, 0.25) is 0 Å². The van der Waals surface area contributed by atoms with Gasteiger partial charge in [-0.05, 0) is 50.4 Å². The summed E-state index contributed by atoms with van der Waals surface area (Å²) in [4.78, 5) is 4.50. The first kappa shape index (κ1) is 14.9. The number of halogens is 2. The third-order valence-electron chi connectivity index (χ3n) is 3.18. The Hall–Kier alpha value is -0.550. The van der Waals surface area contributed by atoms with Crippen LogP contribution in [0.2, 0.25) is 10.0 Å². The highest BCUT2D eigenvalue weighted by atomic mass is 35.5. The highest BCUT2D eigenvalue weighted by Crippen LogP contribution is 2.25. The number of nitrogens with zero attached hydrogens (tertiary/aromatic N) is 2. The van der Waals surface area contributed by atoms with Crippen LogP contribution in [0.3, 0.4) is 0 Å². The number of nitrogens with one attached hydrogen (secondary N) is 1. The number of hydrogen-bond donors (Lipinski definition) is 1. The van der Waals surface area contributed by atoms with Crippen molar-refractivity contribution in [1.29, 1.82) is 0 Å². The van der Waals surface area contributed by atoms with Gasteiger partial charge in [0.25, 0.3) is 0 Å². The predicted molar refractivity (Wildman–Crippen MR) is 86.4 cm³/mol. The van der Waals surface area contributed by atoms with Crippen LogP contribution in [0.1, 0.15) is 6.42 Å². The maximum atomic E-state index is 6.13. The third-order valence-corrected chi connectivity index (χ3v) is 4.09. The summed E-state index contributed by atoms with van der Waals surface area (Å²) in [6, 6.07) is 5.36. The molecule has 1 N–H and O–H groups in total. The molecule has 19 heavy (non-hydrogen) atoms. The van der Waals surface area contributed by atoms with Crippen LogP contribution in [0, 0.1) is 0 Å². The molecule has 1 fully saturated rings. The summed E-state index contributed by atoms with van der Waals surface area (Å²) >= 11 is 17.5. The molecule has 0 saturated carbocycles. The van der Waals surface area contributed by atoms with Crippen molar-refractivity contribution in [2.45, 2.75) is 6.42 Å². The van der Waals surface area contributed by atoms with Crippen LogP contribution in [0.4, 0.5) is 5.69 Å². The minimum Gasteiger partial charge on any atom is -0.348 e. The Morgan fingerprint density at radius 3 is 2.74 bits per heavy atom. The average molecular weight is 318 g/mol. The topological polar surface area (TPSA) is 18.5 Å². The maximum absolute atomic E-state index is 6.13. The first-order valence-corrected chi connectivity index (χ1v) is 7.42. The van der Waals surface area contributed by atoms with E-state index in [4.69, 9.17) is 35.4 Å². The second-order valence-corrected chi connectivity index (χ2v) is 5.93. The van der Waals surface area contributed by atoms with Gasteiger partial charge in [-0.25, -0.2) is 0 Å². The highest BCUT2D eigenvalue weighted by Gasteiger charge is 2.15. The highest BCUT2D eigenvalue weighted by molar-refractivity contribution is 7.80. The molecule has 0 amide bonds. The Morgan fingerprint density at radius 1 is 1.21 bits per heavy atom. The number of benzene rings is 1. The normalized spacial score (nSPS) is 17.1. The monoisotopic (exact) mass is 317 g/mol. The summed E-state index contributed by atoms with van der Waals surface area (Å²) in [7, 11) is 2.13. The zero-order valence-corrected chi connectivity index (χ0v) is 13.2. The van der Waals surface area contributed by atoms with E-state index in [0.717, 1.165) is 43.4 Å². The van der Waals surface area contributed by atoms with Crippen LogP contribution in [0.25, 0.3) is 0 Å². The first-order chi connectivity index (χ1) is 9.06. The van der Waals surface area contributed by atoms with E-state index in [9.17, 15) is 0 Å². The van der Waals surface area contributed by atoms with Gasteiger partial charge >= 0.3 is 0 Å². The molecule has 0 unspecified atom stereocenters. The molecular formula is C13H17Cl2N3S. The molecule has 0 aliphatic carbocycles. The fraction of sp³-hybridized carbons (Fsp3) is 0.462. The van der Waals surface area contributed by atoms with Gasteiger partial charge in [0.15, 0.2) is 5.11 Å². The van der Waals surface area contributed by atoms with Gasteiger partial charge in [-0.15, -0.1) is 0 Å². The lowest BCUT2D eigenvalue weighted by Gasteiger charge is -2.24. The molecule has 6 heteroatoms. The molecule has 1 aromatic rings. The lowest BCUT2D eigenvalue weighted by atomic mass is 10.3. The molecule has 0 bridgehead atoms. The van der Waals surface area contributed by atoms with Crippen molar-refractivity contribution in [2.24, 2.45) is 0 Å². The fourth-order valence-corrected chi connectivity index (χ4v) is 2.78. The Morgan fingerprint density at radius 2 is 2.00 bits per heavy atom. The molecule has 0 radical (unpaired) electrons. The van der Waals surface area contributed by atoms with Crippen molar-refractivity contribution < 1.29 is 0 Å². The molecule has 3 nitrogen and oxygen atoms in total. The van der Waals surface area contributed by atoms with Crippen LogP contribution in [-0.4, -0.2) is 48.1 Å². The van der Waals surface area contributed by atoms with Gasteiger partial charge in [-0.2, -0.15) is 0 Å². The third kappa shape index (κ3) is 4.21. The lowest BCUT2D eigenvalue weighted by molar-refractivity contribution is 0.347. The molecule has 2 rings (SSSR count). The summed E-state index contributed by atoms with van der Waals surface area (Å²) < 4.78 is 0. The summed E-state index contributed by atoms with van der Waals surface area (Å²) in [6.45, 7) is 4.05. The molecule has 1 heterocycles. The molecule has 1 aromatic carbocycles. The summed E-state index contributed by atoms with van der Waals surface area (Å²) in [5.74, 6) is 0. The molecule has 104 valence electrons. The minimum absolute atomic E-state index is 0.585.